The maximum Gasteiger partial charge on any atom is 0.104 e. The van der Waals surface area contributed by atoms with E-state index in [1.807, 2.05) is 18.2 Å². The van der Waals surface area contributed by atoms with Crippen LogP contribution in [0.5, 0.6) is 0 Å². The van der Waals surface area contributed by atoms with Crippen molar-refractivity contribution < 1.29 is 5.11 Å². The lowest BCUT2D eigenvalue weighted by Crippen LogP contribution is -2.02. The highest BCUT2D eigenvalue weighted by Crippen LogP contribution is 2.30. The fraction of sp³-hybridized carbons (Fsp3) is 0.294. The minimum atomic E-state index is -0.642. The van der Waals surface area contributed by atoms with Gasteiger partial charge in [0.15, 0.2) is 0 Å². The van der Waals surface area contributed by atoms with Crippen LogP contribution in [0.15, 0.2) is 40.9 Å². The Labute approximate surface area is 133 Å². The highest BCUT2D eigenvalue weighted by molar-refractivity contribution is 9.10. The second kappa shape index (κ2) is 6.75. The summed E-state index contributed by atoms with van der Waals surface area (Å²) in [4.78, 5) is 0. The Bertz CT molecular complexity index is 610. The summed E-state index contributed by atoms with van der Waals surface area (Å²) in [6.45, 7) is 4.29. The molecule has 2 rings (SSSR count). The summed E-state index contributed by atoms with van der Waals surface area (Å²) >= 11 is 9.46. The second-order valence-electron chi connectivity index (χ2n) is 4.81. The topological polar surface area (TPSA) is 20.2 Å². The van der Waals surface area contributed by atoms with Gasteiger partial charge in [0.2, 0.25) is 0 Å². The van der Waals surface area contributed by atoms with Crippen molar-refractivity contribution in [1.29, 1.82) is 0 Å². The molecular formula is C17H18BrClO. The van der Waals surface area contributed by atoms with Crippen molar-refractivity contribution in [3.05, 3.63) is 68.1 Å². The highest BCUT2D eigenvalue weighted by atomic mass is 79.9. The molecule has 0 fully saturated rings. The predicted octanol–water partition coefficient (Wildman–Crippen LogP) is 5.31. The van der Waals surface area contributed by atoms with E-state index in [0.29, 0.717) is 5.02 Å². The zero-order valence-electron chi connectivity index (χ0n) is 11.7. The van der Waals surface area contributed by atoms with Crippen LogP contribution >= 0.6 is 27.5 Å². The summed E-state index contributed by atoms with van der Waals surface area (Å²) in [5, 5.41) is 11.1. The molecule has 1 N–H and O–H groups in total. The average Bonchev–Trinajstić information content (AvgIpc) is 2.48. The van der Waals surface area contributed by atoms with E-state index in [4.69, 9.17) is 11.6 Å². The summed E-state index contributed by atoms with van der Waals surface area (Å²) in [7, 11) is 0. The van der Waals surface area contributed by atoms with E-state index in [0.717, 1.165) is 28.4 Å². The van der Waals surface area contributed by atoms with Crippen LogP contribution in [0.1, 0.15) is 42.2 Å². The van der Waals surface area contributed by atoms with E-state index < -0.39 is 6.10 Å². The third-order valence-corrected chi connectivity index (χ3v) is 4.80. The Hall–Kier alpha value is -0.830. The molecule has 1 atom stereocenters. The molecule has 0 aliphatic carbocycles. The van der Waals surface area contributed by atoms with Crippen LogP contribution < -0.4 is 0 Å². The van der Waals surface area contributed by atoms with Crippen molar-refractivity contribution >= 4 is 27.5 Å². The highest BCUT2D eigenvalue weighted by Gasteiger charge is 2.13. The van der Waals surface area contributed by atoms with Crippen LogP contribution in [0.25, 0.3) is 0 Å². The number of aryl methyl sites for hydroxylation is 2. The van der Waals surface area contributed by atoms with E-state index in [2.05, 4.69) is 41.9 Å². The third-order valence-electron chi connectivity index (χ3n) is 3.57. The fourth-order valence-corrected chi connectivity index (χ4v) is 2.80. The molecule has 20 heavy (non-hydrogen) atoms. The molecule has 1 unspecified atom stereocenters. The molecule has 0 saturated carbocycles. The Morgan fingerprint density at radius 2 is 1.60 bits per heavy atom. The van der Waals surface area contributed by atoms with Gasteiger partial charge in [-0.15, -0.1) is 0 Å². The standard InChI is InChI=1S/C17H18BrClO/c1-3-11-5-6-13(9-12(11)4-2)17(20)14-7-8-15(18)16(19)10-14/h5-10,17,20H,3-4H2,1-2H3. The fourth-order valence-electron chi connectivity index (χ4n) is 2.36. The molecule has 0 heterocycles. The number of hydrogen-bond donors (Lipinski definition) is 1. The number of halogens is 2. The van der Waals surface area contributed by atoms with Crippen LogP contribution in [-0.4, -0.2) is 5.11 Å². The zero-order chi connectivity index (χ0) is 14.7. The van der Waals surface area contributed by atoms with Gasteiger partial charge in [0, 0.05) is 4.47 Å². The molecule has 0 aliphatic rings. The number of aliphatic hydroxyl groups is 1. The first-order chi connectivity index (χ1) is 9.56. The zero-order valence-corrected chi connectivity index (χ0v) is 14.0. The van der Waals surface area contributed by atoms with Gasteiger partial charge in [-0.1, -0.05) is 49.7 Å². The molecule has 106 valence electrons. The van der Waals surface area contributed by atoms with Crippen LogP contribution in [0.3, 0.4) is 0 Å². The molecule has 2 aromatic carbocycles. The monoisotopic (exact) mass is 352 g/mol. The summed E-state index contributed by atoms with van der Waals surface area (Å²) in [5.74, 6) is 0. The number of rotatable bonds is 4. The average molecular weight is 354 g/mol. The van der Waals surface area contributed by atoms with Crippen molar-refractivity contribution in [2.45, 2.75) is 32.8 Å². The lowest BCUT2D eigenvalue weighted by atomic mass is 9.95. The maximum atomic E-state index is 10.5. The Balaban J connectivity index is 2.37. The largest absolute Gasteiger partial charge is 0.384 e. The van der Waals surface area contributed by atoms with Crippen molar-refractivity contribution in [1.82, 2.24) is 0 Å². The van der Waals surface area contributed by atoms with Gasteiger partial charge in [0.1, 0.15) is 6.10 Å². The van der Waals surface area contributed by atoms with Crippen molar-refractivity contribution in [2.24, 2.45) is 0 Å². The molecule has 0 aromatic heterocycles. The van der Waals surface area contributed by atoms with Gasteiger partial charge in [-0.3, -0.25) is 0 Å². The molecule has 3 heteroatoms. The molecule has 1 nitrogen and oxygen atoms in total. The Morgan fingerprint density at radius 3 is 2.20 bits per heavy atom. The second-order valence-corrected chi connectivity index (χ2v) is 6.07. The Kier molecular flexibility index (Phi) is 5.25. The minimum Gasteiger partial charge on any atom is -0.384 e. The molecule has 0 amide bonds. The van der Waals surface area contributed by atoms with Crippen LogP contribution in [0.4, 0.5) is 0 Å². The van der Waals surface area contributed by atoms with Crippen molar-refractivity contribution in [2.75, 3.05) is 0 Å². The van der Waals surface area contributed by atoms with Crippen LogP contribution in [-0.2, 0) is 12.8 Å². The molecule has 0 saturated heterocycles. The summed E-state index contributed by atoms with van der Waals surface area (Å²) in [6, 6.07) is 11.8. The number of hydrogen-bond acceptors (Lipinski definition) is 1. The molecular weight excluding hydrogens is 336 g/mol. The third kappa shape index (κ3) is 3.25. The number of aliphatic hydroxyl groups excluding tert-OH is 1. The van der Waals surface area contributed by atoms with Crippen molar-refractivity contribution in [3.63, 3.8) is 0 Å². The summed E-state index contributed by atoms with van der Waals surface area (Å²) < 4.78 is 0.839. The first-order valence-electron chi connectivity index (χ1n) is 6.81. The van der Waals surface area contributed by atoms with E-state index >= 15 is 0 Å². The smallest absolute Gasteiger partial charge is 0.104 e. The minimum absolute atomic E-state index is 0.613. The van der Waals surface area contributed by atoms with Gasteiger partial charge in [-0.25, -0.2) is 0 Å². The van der Waals surface area contributed by atoms with Gasteiger partial charge in [-0.05, 0) is 63.2 Å². The SMILES string of the molecule is CCc1ccc(C(O)c2ccc(Br)c(Cl)c2)cc1CC. The quantitative estimate of drug-likeness (QED) is 0.790. The number of benzene rings is 2. The summed E-state index contributed by atoms with van der Waals surface area (Å²) in [5.41, 5.74) is 4.37. The van der Waals surface area contributed by atoms with Gasteiger partial charge < -0.3 is 5.11 Å². The van der Waals surface area contributed by atoms with E-state index in [1.54, 1.807) is 6.07 Å². The normalized spacial score (nSPS) is 12.4. The van der Waals surface area contributed by atoms with E-state index in [9.17, 15) is 5.11 Å². The molecule has 0 aliphatic heterocycles. The van der Waals surface area contributed by atoms with Gasteiger partial charge >= 0.3 is 0 Å². The van der Waals surface area contributed by atoms with Crippen LogP contribution in [0.2, 0.25) is 5.02 Å². The molecule has 2 aromatic rings. The first-order valence-corrected chi connectivity index (χ1v) is 7.98. The van der Waals surface area contributed by atoms with Gasteiger partial charge in [0.25, 0.3) is 0 Å². The van der Waals surface area contributed by atoms with Gasteiger partial charge in [0.05, 0.1) is 5.02 Å². The van der Waals surface area contributed by atoms with Gasteiger partial charge in [-0.2, -0.15) is 0 Å². The van der Waals surface area contributed by atoms with Crippen molar-refractivity contribution in [3.8, 4) is 0 Å². The van der Waals surface area contributed by atoms with Crippen LogP contribution in [0, 0.1) is 0 Å². The lowest BCUT2D eigenvalue weighted by Gasteiger charge is -2.15. The molecule has 0 spiro atoms. The van der Waals surface area contributed by atoms with E-state index in [-0.39, 0.29) is 0 Å². The first kappa shape index (κ1) is 15.6. The molecule has 0 bridgehead atoms. The lowest BCUT2D eigenvalue weighted by molar-refractivity contribution is 0.220. The molecule has 0 radical (unpaired) electrons. The summed E-state index contributed by atoms with van der Waals surface area (Å²) in [6.07, 6.45) is 1.35. The Morgan fingerprint density at radius 1 is 1.00 bits per heavy atom. The predicted molar refractivity (Wildman–Crippen MR) is 88.4 cm³/mol. The van der Waals surface area contributed by atoms with E-state index in [1.165, 1.54) is 11.1 Å². The maximum absolute atomic E-state index is 10.5.